The molecule has 0 saturated carbocycles. The summed E-state index contributed by atoms with van der Waals surface area (Å²) in [7, 11) is 0. The molecule has 0 radical (unpaired) electrons. The van der Waals surface area contributed by atoms with Gasteiger partial charge in [-0.15, -0.1) is 0 Å². The molecule has 0 N–H and O–H groups in total. The van der Waals surface area contributed by atoms with Crippen LogP contribution in [0.1, 0.15) is 47.0 Å². The monoisotopic (exact) mass is 178 g/mol. The molecule has 0 fully saturated rings. The Labute approximate surface area is 82.7 Å². The predicted octanol–water partition coefficient (Wildman–Crippen LogP) is 4.34. The molecule has 1 aliphatic carbocycles. The van der Waals surface area contributed by atoms with Gasteiger partial charge < -0.3 is 0 Å². The zero-order chi connectivity index (χ0) is 9.84. The number of hydrogen-bond donors (Lipinski definition) is 0. The average molecular weight is 178 g/mol. The summed E-state index contributed by atoms with van der Waals surface area (Å²) in [5.41, 5.74) is 3.20. The van der Waals surface area contributed by atoms with Crippen LogP contribution in [-0.2, 0) is 0 Å². The Morgan fingerprint density at radius 3 is 2.31 bits per heavy atom. The van der Waals surface area contributed by atoms with E-state index in [0.717, 1.165) is 11.8 Å². The highest BCUT2D eigenvalue weighted by Gasteiger charge is 2.14. The van der Waals surface area contributed by atoms with Gasteiger partial charge in [0.25, 0.3) is 0 Å². The van der Waals surface area contributed by atoms with E-state index in [1.165, 1.54) is 19.3 Å². The molecule has 0 spiro atoms. The zero-order valence-corrected chi connectivity index (χ0v) is 9.43. The second kappa shape index (κ2) is 4.64. The number of hydrogen-bond acceptors (Lipinski definition) is 0. The number of rotatable bonds is 4. The van der Waals surface area contributed by atoms with Crippen LogP contribution >= 0.6 is 0 Å². The largest absolute Gasteiger partial charge is 0.0770 e. The van der Waals surface area contributed by atoms with Crippen LogP contribution in [0.5, 0.6) is 0 Å². The molecule has 74 valence electrons. The summed E-state index contributed by atoms with van der Waals surface area (Å²) >= 11 is 0. The van der Waals surface area contributed by atoms with Gasteiger partial charge in [-0.3, -0.25) is 0 Å². The van der Waals surface area contributed by atoms with Gasteiger partial charge in [0.2, 0.25) is 0 Å². The Morgan fingerprint density at radius 2 is 1.77 bits per heavy atom. The first-order valence-electron chi connectivity index (χ1n) is 5.59. The van der Waals surface area contributed by atoms with Crippen LogP contribution in [0, 0.1) is 11.8 Å². The summed E-state index contributed by atoms with van der Waals surface area (Å²) < 4.78 is 0. The maximum Gasteiger partial charge on any atom is -0.0127 e. The Bertz CT molecular complexity index is 220. The normalized spacial score (nSPS) is 20.9. The lowest BCUT2D eigenvalue weighted by molar-refractivity contribution is 0.643. The Morgan fingerprint density at radius 1 is 1.15 bits per heavy atom. The van der Waals surface area contributed by atoms with Gasteiger partial charge in [0.05, 0.1) is 0 Å². The van der Waals surface area contributed by atoms with Crippen molar-refractivity contribution in [3.8, 4) is 0 Å². The van der Waals surface area contributed by atoms with Gasteiger partial charge in [-0.2, -0.15) is 0 Å². The Kier molecular flexibility index (Phi) is 3.77. The van der Waals surface area contributed by atoms with Crippen molar-refractivity contribution in [1.29, 1.82) is 0 Å². The van der Waals surface area contributed by atoms with Gasteiger partial charge >= 0.3 is 0 Å². The molecule has 0 aliphatic heterocycles. The summed E-state index contributed by atoms with van der Waals surface area (Å²) in [5.74, 6) is 1.53. The van der Waals surface area contributed by atoms with E-state index in [2.05, 4.69) is 39.8 Å². The van der Waals surface area contributed by atoms with E-state index in [-0.39, 0.29) is 0 Å². The van der Waals surface area contributed by atoms with Gasteiger partial charge in [0.15, 0.2) is 0 Å². The third-order valence-electron chi connectivity index (χ3n) is 3.35. The fraction of sp³-hybridized carbons (Fsp3) is 0.692. The molecule has 0 heteroatoms. The lowest BCUT2D eigenvalue weighted by Gasteiger charge is -2.10. The maximum atomic E-state index is 2.43. The first kappa shape index (κ1) is 10.6. The molecule has 0 amide bonds. The van der Waals surface area contributed by atoms with Crippen LogP contribution in [0.2, 0.25) is 0 Å². The van der Waals surface area contributed by atoms with E-state index < -0.39 is 0 Å². The summed E-state index contributed by atoms with van der Waals surface area (Å²) in [6, 6.07) is 0. The Balaban J connectivity index is 2.59. The summed E-state index contributed by atoms with van der Waals surface area (Å²) in [5, 5.41) is 0. The van der Waals surface area contributed by atoms with E-state index in [1.54, 1.807) is 11.1 Å². The molecule has 0 heterocycles. The fourth-order valence-corrected chi connectivity index (χ4v) is 1.75. The van der Waals surface area contributed by atoms with Gasteiger partial charge in [0.1, 0.15) is 0 Å². The van der Waals surface area contributed by atoms with E-state index in [9.17, 15) is 0 Å². The van der Waals surface area contributed by atoms with E-state index >= 15 is 0 Å². The molecular formula is C13H22. The van der Waals surface area contributed by atoms with Crippen molar-refractivity contribution in [2.45, 2.75) is 47.0 Å². The molecule has 0 bridgehead atoms. The van der Waals surface area contributed by atoms with Crippen molar-refractivity contribution in [2.24, 2.45) is 11.8 Å². The smallest absolute Gasteiger partial charge is 0.0127 e. The highest BCUT2D eigenvalue weighted by atomic mass is 14.2. The van der Waals surface area contributed by atoms with Crippen molar-refractivity contribution >= 4 is 0 Å². The second-order valence-electron chi connectivity index (χ2n) is 4.25. The quantitative estimate of drug-likeness (QED) is 0.601. The van der Waals surface area contributed by atoms with Crippen LogP contribution in [0.15, 0.2) is 23.3 Å². The standard InChI is InChI=1S/C13H22/c1-5-10(3)12-7-8-13(9-12)11(4)6-2/h7,9-11H,5-6,8H2,1-4H3. The summed E-state index contributed by atoms with van der Waals surface area (Å²) in [6.07, 6.45) is 8.58. The highest BCUT2D eigenvalue weighted by molar-refractivity contribution is 5.34. The lowest BCUT2D eigenvalue weighted by atomic mass is 9.96. The average Bonchev–Trinajstić information content (AvgIpc) is 2.64. The lowest BCUT2D eigenvalue weighted by Crippen LogP contribution is -1.95. The van der Waals surface area contributed by atoms with Crippen molar-refractivity contribution in [3.63, 3.8) is 0 Å². The van der Waals surface area contributed by atoms with Crippen LogP contribution in [0.25, 0.3) is 0 Å². The minimum absolute atomic E-state index is 0.751. The predicted molar refractivity (Wildman–Crippen MR) is 59.7 cm³/mol. The van der Waals surface area contributed by atoms with Crippen molar-refractivity contribution in [3.05, 3.63) is 23.3 Å². The molecule has 13 heavy (non-hydrogen) atoms. The highest BCUT2D eigenvalue weighted by Crippen LogP contribution is 2.30. The third-order valence-corrected chi connectivity index (χ3v) is 3.35. The molecule has 2 atom stereocenters. The number of allylic oxidation sites excluding steroid dienone is 4. The molecule has 0 aromatic carbocycles. The van der Waals surface area contributed by atoms with Gasteiger partial charge in [-0.05, 0) is 36.7 Å². The van der Waals surface area contributed by atoms with Crippen LogP contribution in [0.3, 0.4) is 0 Å². The SMILES string of the molecule is CCC(C)C1=CCC(C(C)CC)=C1. The molecule has 0 saturated heterocycles. The first-order valence-corrected chi connectivity index (χ1v) is 5.59. The molecule has 0 aromatic rings. The summed E-state index contributed by atoms with van der Waals surface area (Å²) in [6.45, 7) is 9.19. The molecule has 0 nitrogen and oxygen atoms in total. The van der Waals surface area contributed by atoms with Crippen molar-refractivity contribution < 1.29 is 0 Å². The van der Waals surface area contributed by atoms with Crippen molar-refractivity contribution in [2.75, 3.05) is 0 Å². The molecule has 1 aliphatic rings. The molecule has 0 aromatic heterocycles. The van der Waals surface area contributed by atoms with Crippen LogP contribution in [0.4, 0.5) is 0 Å². The minimum atomic E-state index is 0.751. The van der Waals surface area contributed by atoms with Crippen molar-refractivity contribution in [1.82, 2.24) is 0 Å². The van der Waals surface area contributed by atoms with Crippen LogP contribution in [-0.4, -0.2) is 0 Å². The molecular weight excluding hydrogens is 156 g/mol. The van der Waals surface area contributed by atoms with Gasteiger partial charge in [-0.1, -0.05) is 45.4 Å². The van der Waals surface area contributed by atoms with Crippen LogP contribution < -0.4 is 0 Å². The second-order valence-corrected chi connectivity index (χ2v) is 4.25. The summed E-state index contributed by atoms with van der Waals surface area (Å²) in [4.78, 5) is 0. The molecule has 1 rings (SSSR count). The topological polar surface area (TPSA) is 0 Å². The Hall–Kier alpha value is -0.520. The molecule has 2 unspecified atom stereocenters. The maximum absolute atomic E-state index is 2.43. The van der Waals surface area contributed by atoms with E-state index in [0.29, 0.717) is 0 Å². The van der Waals surface area contributed by atoms with Gasteiger partial charge in [-0.25, -0.2) is 0 Å². The first-order chi connectivity index (χ1) is 6.19. The fourth-order valence-electron chi connectivity index (χ4n) is 1.75. The van der Waals surface area contributed by atoms with E-state index in [1.807, 2.05) is 0 Å². The third kappa shape index (κ3) is 2.46. The van der Waals surface area contributed by atoms with E-state index in [4.69, 9.17) is 0 Å². The zero-order valence-electron chi connectivity index (χ0n) is 9.43. The van der Waals surface area contributed by atoms with Gasteiger partial charge in [0, 0.05) is 0 Å². The minimum Gasteiger partial charge on any atom is -0.0770 e.